The summed E-state index contributed by atoms with van der Waals surface area (Å²) in [4.78, 5) is 21.1. The number of carbonyl (C=O) groups excluding carboxylic acids is 1. The third kappa shape index (κ3) is 4.41. The number of benzene rings is 2. The molecule has 3 rings (SSSR count). The number of hydrogen-bond donors (Lipinski definition) is 2. The van der Waals surface area contributed by atoms with Crippen molar-refractivity contribution < 1.29 is 4.79 Å². The van der Waals surface area contributed by atoms with Gasteiger partial charge in [-0.25, -0.2) is 9.97 Å². The summed E-state index contributed by atoms with van der Waals surface area (Å²) >= 11 is 0. The molecule has 25 heavy (non-hydrogen) atoms. The quantitative estimate of drug-likeness (QED) is 0.743. The molecular weight excluding hydrogens is 312 g/mol. The van der Waals surface area contributed by atoms with Gasteiger partial charge in [0.2, 0.25) is 5.95 Å². The Labute approximate surface area is 147 Å². The fourth-order valence-electron chi connectivity index (χ4n) is 2.49. The van der Waals surface area contributed by atoms with E-state index in [1.807, 2.05) is 75.4 Å². The molecule has 2 aromatic carbocycles. The van der Waals surface area contributed by atoms with Crippen LogP contribution in [0.3, 0.4) is 0 Å². The molecule has 1 heterocycles. The molecular formula is C20H20N4O. The number of anilines is 3. The first-order valence-corrected chi connectivity index (χ1v) is 8.07. The van der Waals surface area contributed by atoms with Crippen molar-refractivity contribution in [3.8, 4) is 0 Å². The zero-order chi connectivity index (χ0) is 17.8. The molecule has 1 aromatic heterocycles. The van der Waals surface area contributed by atoms with Gasteiger partial charge in [-0.3, -0.25) is 4.79 Å². The Kier molecular flexibility index (Phi) is 4.75. The van der Waals surface area contributed by atoms with Gasteiger partial charge in [0, 0.05) is 28.3 Å². The van der Waals surface area contributed by atoms with Crippen LogP contribution in [0.25, 0.3) is 0 Å². The summed E-state index contributed by atoms with van der Waals surface area (Å²) < 4.78 is 0. The molecule has 1 amide bonds. The average molecular weight is 332 g/mol. The topological polar surface area (TPSA) is 66.9 Å². The number of aromatic nitrogens is 2. The lowest BCUT2D eigenvalue weighted by Gasteiger charge is -2.10. The normalized spacial score (nSPS) is 10.4. The Balaban J connectivity index is 1.74. The lowest BCUT2D eigenvalue weighted by molar-refractivity contribution is 0.102. The Morgan fingerprint density at radius 1 is 0.840 bits per heavy atom. The van der Waals surface area contributed by atoms with E-state index in [1.54, 1.807) is 0 Å². The number of hydrogen-bond acceptors (Lipinski definition) is 4. The molecule has 0 atom stereocenters. The largest absolute Gasteiger partial charge is 0.324 e. The molecule has 126 valence electrons. The molecule has 0 aliphatic rings. The van der Waals surface area contributed by atoms with Gasteiger partial charge in [0.05, 0.1) is 0 Å². The maximum Gasteiger partial charge on any atom is 0.255 e. The fourth-order valence-corrected chi connectivity index (χ4v) is 2.49. The predicted molar refractivity (Wildman–Crippen MR) is 100 cm³/mol. The second-order valence-electron chi connectivity index (χ2n) is 6.00. The predicted octanol–water partition coefficient (Wildman–Crippen LogP) is 4.40. The van der Waals surface area contributed by atoms with Crippen molar-refractivity contribution in [1.82, 2.24) is 9.97 Å². The number of nitrogens with one attached hydrogen (secondary N) is 2. The van der Waals surface area contributed by atoms with Crippen LogP contribution in [0, 0.1) is 20.8 Å². The highest BCUT2D eigenvalue weighted by atomic mass is 16.1. The first kappa shape index (κ1) is 16.6. The minimum Gasteiger partial charge on any atom is -0.324 e. The van der Waals surface area contributed by atoms with Crippen LogP contribution in [0.4, 0.5) is 17.3 Å². The molecule has 0 fully saturated rings. The van der Waals surface area contributed by atoms with E-state index in [0.717, 1.165) is 22.6 Å². The van der Waals surface area contributed by atoms with Crippen molar-refractivity contribution in [2.24, 2.45) is 0 Å². The molecule has 0 aliphatic heterocycles. The van der Waals surface area contributed by atoms with Crippen LogP contribution in [0.1, 0.15) is 27.3 Å². The van der Waals surface area contributed by atoms with E-state index in [2.05, 4.69) is 20.6 Å². The van der Waals surface area contributed by atoms with Crippen LogP contribution in [0.15, 0.2) is 54.6 Å². The number of rotatable bonds is 4. The second kappa shape index (κ2) is 7.13. The van der Waals surface area contributed by atoms with Gasteiger partial charge >= 0.3 is 0 Å². The molecule has 5 heteroatoms. The van der Waals surface area contributed by atoms with Crippen molar-refractivity contribution in [2.75, 3.05) is 10.6 Å². The van der Waals surface area contributed by atoms with Gasteiger partial charge in [-0.2, -0.15) is 0 Å². The van der Waals surface area contributed by atoms with Crippen LogP contribution < -0.4 is 10.6 Å². The number of carbonyl (C=O) groups is 1. The van der Waals surface area contributed by atoms with Crippen molar-refractivity contribution >= 4 is 23.2 Å². The van der Waals surface area contributed by atoms with Gasteiger partial charge in [-0.15, -0.1) is 0 Å². The minimum absolute atomic E-state index is 0.139. The Morgan fingerprint density at radius 3 is 2.16 bits per heavy atom. The zero-order valence-electron chi connectivity index (χ0n) is 14.5. The van der Waals surface area contributed by atoms with Crippen molar-refractivity contribution in [1.29, 1.82) is 0 Å². The number of aryl methyl sites for hydroxylation is 3. The molecule has 0 spiro atoms. The van der Waals surface area contributed by atoms with E-state index in [-0.39, 0.29) is 5.91 Å². The molecule has 0 saturated heterocycles. The molecule has 0 bridgehead atoms. The first-order valence-electron chi connectivity index (χ1n) is 8.07. The van der Waals surface area contributed by atoms with Crippen LogP contribution in [-0.2, 0) is 0 Å². The summed E-state index contributed by atoms with van der Waals surface area (Å²) in [6.07, 6.45) is 0. The Bertz CT molecular complexity index is 884. The molecule has 3 aromatic rings. The second-order valence-corrected chi connectivity index (χ2v) is 6.00. The molecule has 2 N–H and O–H groups in total. The summed E-state index contributed by atoms with van der Waals surface area (Å²) in [5.74, 6) is 0.402. The smallest absolute Gasteiger partial charge is 0.255 e. The maximum absolute atomic E-state index is 12.3. The zero-order valence-corrected chi connectivity index (χ0v) is 14.5. The van der Waals surface area contributed by atoms with Gasteiger partial charge in [0.15, 0.2) is 0 Å². The summed E-state index contributed by atoms with van der Waals surface area (Å²) in [7, 11) is 0. The molecule has 0 saturated carbocycles. The van der Waals surface area contributed by atoms with E-state index in [1.165, 1.54) is 0 Å². The Morgan fingerprint density at radius 2 is 1.48 bits per heavy atom. The van der Waals surface area contributed by atoms with E-state index in [0.29, 0.717) is 17.2 Å². The average Bonchev–Trinajstić information content (AvgIpc) is 2.54. The standard InChI is InChI=1S/C20H20N4O/c1-13-7-9-16(10-8-13)19(25)23-17-5-4-6-18(12-17)24-20-21-14(2)11-15(3)22-20/h4-12H,1-3H3,(H,23,25)(H,21,22,24). The third-order valence-corrected chi connectivity index (χ3v) is 3.67. The van der Waals surface area contributed by atoms with E-state index >= 15 is 0 Å². The van der Waals surface area contributed by atoms with Gasteiger partial charge < -0.3 is 10.6 Å². The molecule has 0 radical (unpaired) electrons. The summed E-state index contributed by atoms with van der Waals surface area (Å²) in [5.41, 5.74) is 5.07. The van der Waals surface area contributed by atoms with Crippen LogP contribution in [-0.4, -0.2) is 15.9 Å². The van der Waals surface area contributed by atoms with E-state index in [4.69, 9.17) is 0 Å². The third-order valence-electron chi connectivity index (χ3n) is 3.67. The van der Waals surface area contributed by atoms with Crippen LogP contribution >= 0.6 is 0 Å². The van der Waals surface area contributed by atoms with Gasteiger partial charge in [0.25, 0.3) is 5.91 Å². The highest BCUT2D eigenvalue weighted by Gasteiger charge is 2.07. The highest BCUT2D eigenvalue weighted by Crippen LogP contribution is 2.19. The van der Waals surface area contributed by atoms with Gasteiger partial charge in [0.1, 0.15) is 0 Å². The minimum atomic E-state index is -0.139. The van der Waals surface area contributed by atoms with Crippen LogP contribution in [0.5, 0.6) is 0 Å². The van der Waals surface area contributed by atoms with Crippen LogP contribution in [0.2, 0.25) is 0 Å². The lowest BCUT2D eigenvalue weighted by Crippen LogP contribution is -2.11. The summed E-state index contributed by atoms with van der Waals surface area (Å²) in [6, 6.07) is 16.9. The van der Waals surface area contributed by atoms with Gasteiger partial charge in [-0.05, 0) is 57.2 Å². The fraction of sp³-hybridized carbons (Fsp3) is 0.150. The molecule has 0 unspecified atom stereocenters. The van der Waals surface area contributed by atoms with Crippen molar-refractivity contribution in [3.63, 3.8) is 0 Å². The van der Waals surface area contributed by atoms with E-state index < -0.39 is 0 Å². The summed E-state index contributed by atoms with van der Waals surface area (Å²) in [5, 5.41) is 6.08. The highest BCUT2D eigenvalue weighted by molar-refractivity contribution is 6.04. The molecule has 0 aliphatic carbocycles. The molecule has 5 nitrogen and oxygen atoms in total. The monoisotopic (exact) mass is 332 g/mol. The van der Waals surface area contributed by atoms with Crippen molar-refractivity contribution in [3.05, 3.63) is 77.1 Å². The van der Waals surface area contributed by atoms with E-state index in [9.17, 15) is 4.79 Å². The number of amides is 1. The Hall–Kier alpha value is -3.21. The lowest BCUT2D eigenvalue weighted by atomic mass is 10.1. The summed E-state index contributed by atoms with van der Waals surface area (Å²) in [6.45, 7) is 5.85. The number of nitrogens with zero attached hydrogens (tertiary/aromatic N) is 2. The first-order chi connectivity index (χ1) is 12.0. The van der Waals surface area contributed by atoms with Gasteiger partial charge in [-0.1, -0.05) is 23.8 Å². The van der Waals surface area contributed by atoms with Crippen molar-refractivity contribution in [2.45, 2.75) is 20.8 Å². The SMILES string of the molecule is Cc1ccc(C(=O)Nc2cccc(Nc3nc(C)cc(C)n3)c2)cc1. The maximum atomic E-state index is 12.3.